The molecule has 0 radical (unpaired) electrons. The van der Waals surface area contributed by atoms with Gasteiger partial charge in [0.1, 0.15) is 0 Å². The third-order valence-electron chi connectivity index (χ3n) is 4.75. The molecule has 166 valence electrons. The van der Waals surface area contributed by atoms with Gasteiger partial charge in [-0.05, 0) is 30.4 Å². The summed E-state index contributed by atoms with van der Waals surface area (Å²) >= 11 is 1.85. The van der Waals surface area contributed by atoms with Crippen molar-refractivity contribution in [1.82, 2.24) is 0 Å². The van der Waals surface area contributed by atoms with E-state index in [-0.39, 0.29) is 0 Å². The van der Waals surface area contributed by atoms with Gasteiger partial charge in [-0.2, -0.15) is 11.8 Å². The van der Waals surface area contributed by atoms with E-state index in [2.05, 4.69) is 46.3 Å². The van der Waals surface area contributed by atoms with E-state index in [1.165, 1.54) is 25.7 Å². The summed E-state index contributed by atoms with van der Waals surface area (Å²) in [6.45, 7) is 14.7. The monoisotopic (exact) mass is 416 g/mol. The lowest BCUT2D eigenvalue weighted by Gasteiger charge is -2.17. The molecule has 0 saturated heterocycles. The van der Waals surface area contributed by atoms with Crippen LogP contribution in [-0.2, 0) is 19.1 Å². The van der Waals surface area contributed by atoms with E-state index in [4.69, 9.17) is 4.74 Å². The second-order valence-corrected chi connectivity index (χ2v) is 8.93. The second kappa shape index (κ2) is 22.4. The van der Waals surface area contributed by atoms with Crippen LogP contribution in [0.5, 0.6) is 0 Å². The largest absolute Gasteiger partial charge is 0.486 e. The molecular formula is C23H44O4S. The molecule has 0 aliphatic heterocycles. The number of hydrogen-bond acceptors (Lipinski definition) is 5. The van der Waals surface area contributed by atoms with E-state index in [0.717, 1.165) is 25.0 Å². The number of ether oxygens (including phenoxy) is 2. The molecule has 0 aromatic carbocycles. The number of hydrogen-bond donors (Lipinski definition) is 0. The molecule has 0 aromatic heterocycles. The SMILES string of the molecule is CCCC(CC)COC=O.CCCCC(CC)COC(=C=O)CC(C)SCC. The fourth-order valence-corrected chi connectivity index (χ4v) is 3.68. The average molecular weight is 417 g/mol. The van der Waals surface area contributed by atoms with Gasteiger partial charge < -0.3 is 9.47 Å². The molecule has 0 fully saturated rings. The first-order valence-electron chi connectivity index (χ1n) is 11.1. The van der Waals surface area contributed by atoms with E-state index in [1.54, 1.807) is 0 Å². The lowest BCUT2D eigenvalue weighted by Crippen LogP contribution is -2.11. The van der Waals surface area contributed by atoms with Crippen molar-refractivity contribution >= 4 is 24.2 Å². The molecular weight excluding hydrogens is 372 g/mol. The van der Waals surface area contributed by atoms with Gasteiger partial charge >= 0.3 is 0 Å². The number of carbonyl (C=O) groups excluding carboxylic acids is 2. The number of allylic oxidation sites excluding steroid dienone is 1. The zero-order chi connectivity index (χ0) is 21.6. The van der Waals surface area contributed by atoms with Crippen LogP contribution in [0.2, 0.25) is 0 Å². The fourth-order valence-electron chi connectivity index (χ4n) is 2.84. The quantitative estimate of drug-likeness (QED) is 0.155. The number of unbranched alkanes of at least 4 members (excludes halogenated alkanes) is 1. The summed E-state index contributed by atoms with van der Waals surface area (Å²) in [5, 5.41) is 0.433. The first-order valence-corrected chi connectivity index (χ1v) is 12.1. The highest BCUT2D eigenvalue weighted by Gasteiger charge is 2.11. The molecule has 4 nitrogen and oxygen atoms in total. The fraction of sp³-hybridized carbons (Fsp3) is 0.870. The molecule has 0 aliphatic rings. The van der Waals surface area contributed by atoms with E-state index in [1.807, 2.05) is 17.7 Å². The number of carbonyl (C=O) groups is 1. The lowest BCUT2D eigenvalue weighted by molar-refractivity contribution is -0.130. The van der Waals surface area contributed by atoms with E-state index < -0.39 is 0 Å². The Kier molecular flexibility index (Phi) is 23.4. The predicted molar refractivity (Wildman–Crippen MR) is 121 cm³/mol. The summed E-state index contributed by atoms with van der Waals surface area (Å²) in [6, 6.07) is 0. The molecule has 0 bridgehead atoms. The van der Waals surface area contributed by atoms with Gasteiger partial charge in [0.25, 0.3) is 6.47 Å². The Morgan fingerprint density at radius 3 is 2.11 bits per heavy atom. The van der Waals surface area contributed by atoms with E-state index >= 15 is 0 Å². The van der Waals surface area contributed by atoms with Crippen molar-refractivity contribution in [2.45, 2.75) is 98.2 Å². The van der Waals surface area contributed by atoms with Gasteiger partial charge in [-0.3, -0.25) is 4.79 Å². The summed E-state index contributed by atoms with van der Waals surface area (Å²) in [7, 11) is 0. The summed E-state index contributed by atoms with van der Waals surface area (Å²) in [5.74, 6) is 4.66. The minimum atomic E-state index is 0.433. The Labute approximate surface area is 178 Å². The molecule has 3 unspecified atom stereocenters. The van der Waals surface area contributed by atoms with Crippen molar-refractivity contribution in [3.05, 3.63) is 5.76 Å². The Bertz CT molecular complexity index is 394. The van der Waals surface area contributed by atoms with Crippen molar-refractivity contribution in [3.63, 3.8) is 0 Å². The molecule has 0 aromatic rings. The van der Waals surface area contributed by atoms with Crippen LogP contribution in [0.25, 0.3) is 0 Å². The minimum Gasteiger partial charge on any atom is -0.486 e. The molecule has 5 heteroatoms. The normalized spacial score (nSPS) is 13.4. The summed E-state index contributed by atoms with van der Waals surface area (Å²) in [6.07, 6.45) is 8.89. The van der Waals surface area contributed by atoms with Crippen LogP contribution in [-0.4, -0.2) is 36.6 Å². The molecule has 0 amide bonds. The van der Waals surface area contributed by atoms with Gasteiger partial charge in [0, 0.05) is 11.7 Å². The Hall–Kier alpha value is -0.930. The highest BCUT2D eigenvalue weighted by molar-refractivity contribution is 7.99. The van der Waals surface area contributed by atoms with Gasteiger partial charge in [-0.25, -0.2) is 4.79 Å². The first kappa shape index (κ1) is 29.3. The topological polar surface area (TPSA) is 52.6 Å². The Morgan fingerprint density at radius 1 is 1.00 bits per heavy atom. The first-order chi connectivity index (χ1) is 13.5. The Morgan fingerprint density at radius 2 is 1.64 bits per heavy atom. The summed E-state index contributed by atoms with van der Waals surface area (Å²) in [4.78, 5) is 20.7. The molecule has 3 atom stereocenters. The zero-order valence-electron chi connectivity index (χ0n) is 19.1. The molecule has 0 aliphatic carbocycles. The van der Waals surface area contributed by atoms with Crippen LogP contribution in [0.4, 0.5) is 0 Å². The minimum absolute atomic E-state index is 0.433. The third-order valence-corrected chi connectivity index (χ3v) is 5.82. The number of rotatable bonds is 17. The van der Waals surface area contributed by atoms with Crippen LogP contribution in [0.3, 0.4) is 0 Å². The van der Waals surface area contributed by atoms with Crippen LogP contribution in [0, 0.1) is 11.8 Å². The van der Waals surface area contributed by atoms with Crippen molar-refractivity contribution in [1.29, 1.82) is 0 Å². The van der Waals surface area contributed by atoms with E-state index in [9.17, 15) is 9.59 Å². The number of thioether (sulfide) groups is 1. The third kappa shape index (κ3) is 18.4. The van der Waals surface area contributed by atoms with Crippen molar-refractivity contribution in [2.75, 3.05) is 19.0 Å². The van der Waals surface area contributed by atoms with Crippen LogP contribution < -0.4 is 0 Å². The summed E-state index contributed by atoms with van der Waals surface area (Å²) < 4.78 is 10.3. The molecule has 0 N–H and O–H groups in total. The highest BCUT2D eigenvalue weighted by Crippen LogP contribution is 2.20. The van der Waals surface area contributed by atoms with Gasteiger partial charge in [-0.1, -0.05) is 73.6 Å². The highest BCUT2D eigenvalue weighted by atomic mass is 32.2. The maximum Gasteiger partial charge on any atom is 0.293 e. The molecule has 0 spiro atoms. The Balaban J connectivity index is 0. The predicted octanol–water partition coefficient (Wildman–Crippen LogP) is 6.45. The molecule has 0 saturated carbocycles. The van der Waals surface area contributed by atoms with Crippen molar-refractivity contribution in [3.8, 4) is 0 Å². The maximum atomic E-state index is 10.9. The standard InChI is InChI=1S/C15H28O2S.C8H16O2/c1-5-8-9-14(6-2)12-17-15(11-16)10-13(4)18-7-3;1-3-5-8(4-2)6-10-7-9/h13-14H,5-10,12H2,1-4H3;7-8H,3-6H2,1-2H3. The van der Waals surface area contributed by atoms with E-state index in [0.29, 0.717) is 49.0 Å². The van der Waals surface area contributed by atoms with Crippen molar-refractivity contribution < 1.29 is 19.1 Å². The molecule has 0 rings (SSSR count). The van der Waals surface area contributed by atoms with Crippen LogP contribution >= 0.6 is 11.8 Å². The second-order valence-electron chi connectivity index (χ2n) is 7.22. The summed E-state index contributed by atoms with van der Waals surface area (Å²) in [5.41, 5.74) is 0. The zero-order valence-corrected chi connectivity index (χ0v) is 19.9. The molecule has 0 heterocycles. The lowest BCUT2D eigenvalue weighted by atomic mass is 10.0. The van der Waals surface area contributed by atoms with Gasteiger partial charge in [0.2, 0.25) is 0 Å². The maximum absolute atomic E-state index is 10.9. The van der Waals surface area contributed by atoms with Gasteiger partial charge in [-0.15, -0.1) is 0 Å². The average Bonchev–Trinajstić information content (AvgIpc) is 2.70. The van der Waals surface area contributed by atoms with Gasteiger partial charge in [0.05, 0.1) is 13.2 Å². The smallest absolute Gasteiger partial charge is 0.293 e. The van der Waals surface area contributed by atoms with Crippen molar-refractivity contribution in [2.24, 2.45) is 11.8 Å². The van der Waals surface area contributed by atoms with Crippen LogP contribution in [0.1, 0.15) is 92.9 Å². The van der Waals surface area contributed by atoms with Crippen LogP contribution in [0.15, 0.2) is 5.76 Å². The molecule has 28 heavy (non-hydrogen) atoms. The van der Waals surface area contributed by atoms with Gasteiger partial charge in [0.15, 0.2) is 11.7 Å².